The molecule has 1 aromatic rings. The van der Waals surface area contributed by atoms with Gasteiger partial charge in [-0.1, -0.05) is 23.7 Å². The third kappa shape index (κ3) is 5.29. The van der Waals surface area contributed by atoms with Crippen LogP contribution in [0.15, 0.2) is 24.3 Å². The van der Waals surface area contributed by atoms with E-state index in [9.17, 15) is 9.59 Å². The highest BCUT2D eigenvalue weighted by Crippen LogP contribution is 2.20. The highest BCUT2D eigenvalue weighted by atomic mass is 35.5. The summed E-state index contributed by atoms with van der Waals surface area (Å²) in [5.74, 6) is -1.36. The van der Waals surface area contributed by atoms with E-state index in [0.29, 0.717) is 17.3 Å². The lowest BCUT2D eigenvalue weighted by molar-refractivity contribution is -0.136. The van der Waals surface area contributed by atoms with Gasteiger partial charge in [0, 0.05) is 19.6 Å². The molecule has 1 aliphatic rings. The maximum absolute atomic E-state index is 11.8. The zero-order chi connectivity index (χ0) is 15.8. The molecule has 0 bridgehead atoms. The van der Waals surface area contributed by atoms with Crippen molar-refractivity contribution in [1.29, 1.82) is 0 Å². The summed E-state index contributed by atoms with van der Waals surface area (Å²) in [6.07, 6.45) is 0.797. The van der Waals surface area contributed by atoms with E-state index >= 15 is 0 Å². The van der Waals surface area contributed by atoms with Gasteiger partial charge in [0.2, 0.25) is 0 Å². The van der Waals surface area contributed by atoms with Gasteiger partial charge in [-0.25, -0.2) is 0 Å². The average Bonchev–Trinajstić information content (AvgIpc) is 2.54. The summed E-state index contributed by atoms with van der Waals surface area (Å²) in [6.45, 7) is 4.70. The van der Waals surface area contributed by atoms with Crippen LogP contribution in [-0.4, -0.2) is 56.1 Å². The van der Waals surface area contributed by atoms with Crippen molar-refractivity contribution >= 4 is 29.1 Å². The minimum atomic E-state index is -0.709. The van der Waals surface area contributed by atoms with Gasteiger partial charge in [0.05, 0.1) is 23.9 Å². The van der Waals surface area contributed by atoms with Gasteiger partial charge in [-0.2, -0.15) is 0 Å². The van der Waals surface area contributed by atoms with Crippen LogP contribution in [0.5, 0.6) is 0 Å². The fraction of sp³-hybridized carbons (Fsp3) is 0.467. The zero-order valence-electron chi connectivity index (χ0n) is 12.3. The van der Waals surface area contributed by atoms with E-state index in [1.54, 1.807) is 24.3 Å². The number of amides is 2. The molecule has 1 aliphatic heterocycles. The molecule has 2 rings (SSSR count). The molecule has 0 atom stereocenters. The van der Waals surface area contributed by atoms with Gasteiger partial charge in [-0.15, -0.1) is 0 Å². The monoisotopic (exact) mass is 325 g/mol. The molecule has 0 aromatic heterocycles. The van der Waals surface area contributed by atoms with Gasteiger partial charge in [-0.3, -0.25) is 14.5 Å². The molecular formula is C15H20ClN3O3. The Morgan fingerprint density at radius 1 is 1.18 bits per heavy atom. The summed E-state index contributed by atoms with van der Waals surface area (Å²) < 4.78 is 5.27. The van der Waals surface area contributed by atoms with Crippen LogP contribution in [0, 0.1) is 0 Å². The van der Waals surface area contributed by atoms with E-state index in [0.717, 1.165) is 39.3 Å². The minimum absolute atomic E-state index is 0.399. The highest BCUT2D eigenvalue weighted by Gasteiger charge is 2.15. The van der Waals surface area contributed by atoms with E-state index in [-0.39, 0.29) is 0 Å². The third-order valence-electron chi connectivity index (χ3n) is 3.37. The second-order valence-corrected chi connectivity index (χ2v) is 5.40. The van der Waals surface area contributed by atoms with Crippen molar-refractivity contribution in [2.75, 3.05) is 44.7 Å². The van der Waals surface area contributed by atoms with Gasteiger partial charge in [0.25, 0.3) is 0 Å². The molecule has 0 aliphatic carbocycles. The quantitative estimate of drug-likeness (QED) is 0.628. The van der Waals surface area contributed by atoms with Gasteiger partial charge in [0.1, 0.15) is 0 Å². The van der Waals surface area contributed by atoms with E-state index in [1.807, 2.05) is 0 Å². The number of nitrogens with zero attached hydrogens (tertiary/aromatic N) is 1. The largest absolute Gasteiger partial charge is 0.379 e. The molecular weight excluding hydrogens is 306 g/mol. The Labute approximate surface area is 134 Å². The Kier molecular flexibility index (Phi) is 6.64. The zero-order valence-corrected chi connectivity index (χ0v) is 13.1. The van der Waals surface area contributed by atoms with Gasteiger partial charge >= 0.3 is 11.8 Å². The second-order valence-electron chi connectivity index (χ2n) is 5.00. The van der Waals surface area contributed by atoms with Crippen LogP contribution < -0.4 is 10.6 Å². The molecule has 1 aromatic carbocycles. The minimum Gasteiger partial charge on any atom is -0.379 e. The molecule has 0 radical (unpaired) electrons. The predicted octanol–water partition coefficient (Wildman–Crippen LogP) is 1.12. The van der Waals surface area contributed by atoms with E-state index < -0.39 is 11.8 Å². The lowest BCUT2D eigenvalue weighted by Gasteiger charge is -2.26. The van der Waals surface area contributed by atoms with E-state index in [2.05, 4.69) is 15.5 Å². The number of ether oxygens (including phenoxy) is 1. The summed E-state index contributed by atoms with van der Waals surface area (Å²) in [6, 6.07) is 6.79. The molecule has 1 heterocycles. The maximum Gasteiger partial charge on any atom is 0.313 e. The first-order valence-electron chi connectivity index (χ1n) is 7.30. The first-order chi connectivity index (χ1) is 10.7. The molecule has 6 nitrogen and oxygen atoms in total. The molecule has 0 unspecified atom stereocenters. The van der Waals surface area contributed by atoms with Crippen molar-refractivity contribution in [2.45, 2.75) is 6.42 Å². The van der Waals surface area contributed by atoms with Crippen LogP contribution in [0.4, 0.5) is 5.69 Å². The summed E-state index contributed by atoms with van der Waals surface area (Å²) >= 11 is 5.92. The lowest BCUT2D eigenvalue weighted by Crippen LogP contribution is -2.39. The van der Waals surface area contributed by atoms with E-state index in [1.165, 1.54) is 0 Å². The standard InChI is InChI=1S/C15H20ClN3O3/c16-12-4-1-2-5-13(12)18-15(21)14(20)17-6-3-7-19-8-10-22-11-9-19/h1-2,4-5H,3,6-11H2,(H,17,20)(H,18,21). The predicted molar refractivity (Wildman–Crippen MR) is 85.0 cm³/mol. The number of halogens is 1. The molecule has 0 spiro atoms. The van der Waals surface area contributed by atoms with Crippen molar-refractivity contribution in [2.24, 2.45) is 0 Å². The first-order valence-corrected chi connectivity index (χ1v) is 7.68. The number of carbonyl (C=O) groups is 2. The number of rotatable bonds is 5. The van der Waals surface area contributed by atoms with E-state index in [4.69, 9.17) is 16.3 Å². The average molecular weight is 326 g/mol. The Morgan fingerprint density at radius 3 is 2.64 bits per heavy atom. The molecule has 7 heteroatoms. The molecule has 1 saturated heterocycles. The van der Waals surface area contributed by atoms with Gasteiger partial charge in [0.15, 0.2) is 0 Å². The number of nitrogens with one attached hydrogen (secondary N) is 2. The summed E-state index contributed by atoms with van der Waals surface area (Å²) in [7, 11) is 0. The number of anilines is 1. The summed E-state index contributed by atoms with van der Waals surface area (Å²) in [4.78, 5) is 25.7. The molecule has 120 valence electrons. The van der Waals surface area contributed by atoms with Crippen LogP contribution in [0.2, 0.25) is 5.02 Å². The second kappa shape index (κ2) is 8.73. The normalized spacial score (nSPS) is 15.3. The number of morpholine rings is 1. The van der Waals surface area contributed by atoms with Crippen LogP contribution >= 0.6 is 11.6 Å². The molecule has 22 heavy (non-hydrogen) atoms. The fourth-order valence-corrected chi connectivity index (χ4v) is 2.33. The Bertz CT molecular complexity index is 519. The number of hydrogen-bond acceptors (Lipinski definition) is 4. The SMILES string of the molecule is O=C(NCCCN1CCOCC1)C(=O)Nc1ccccc1Cl. The fourth-order valence-electron chi connectivity index (χ4n) is 2.15. The van der Waals surface area contributed by atoms with Gasteiger partial charge < -0.3 is 15.4 Å². The van der Waals surface area contributed by atoms with Crippen LogP contribution in [-0.2, 0) is 14.3 Å². The topological polar surface area (TPSA) is 70.7 Å². The number of carbonyl (C=O) groups excluding carboxylic acids is 2. The van der Waals surface area contributed by atoms with Crippen molar-refractivity contribution in [3.05, 3.63) is 29.3 Å². The van der Waals surface area contributed by atoms with Crippen molar-refractivity contribution in [3.63, 3.8) is 0 Å². The summed E-state index contributed by atoms with van der Waals surface area (Å²) in [5, 5.41) is 5.50. The number of para-hydroxylation sites is 1. The van der Waals surface area contributed by atoms with Crippen LogP contribution in [0.3, 0.4) is 0 Å². The highest BCUT2D eigenvalue weighted by molar-refractivity contribution is 6.41. The molecule has 1 fully saturated rings. The number of hydrogen-bond donors (Lipinski definition) is 2. The Balaban J connectivity index is 1.66. The third-order valence-corrected chi connectivity index (χ3v) is 3.70. The van der Waals surface area contributed by atoms with Crippen molar-refractivity contribution in [1.82, 2.24) is 10.2 Å². The first kappa shape index (κ1) is 16.7. The van der Waals surface area contributed by atoms with Crippen LogP contribution in [0.1, 0.15) is 6.42 Å². The molecule has 2 N–H and O–H groups in total. The van der Waals surface area contributed by atoms with Crippen molar-refractivity contribution in [3.8, 4) is 0 Å². The Hall–Kier alpha value is -1.63. The number of benzene rings is 1. The van der Waals surface area contributed by atoms with Crippen molar-refractivity contribution < 1.29 is 14.3 Å². The smallest absolute Gasteiger partial charge is 0.313 e. The maximum atomic E-state index is 11.8. The molecule has 0 saturated carbocycles. The molecule has 2 amide bonds. The summed E-state index contributed by atoms with van der Waals surface area (Å²) in [5.41, 5.74) is 0.428. The lowest BCUT2D eigenvalue weighted by atomic mass is 10.3. The van der Waals surface area contributed by atoms with Gasteiger partial charge in [-0.05, 0) is 25.1 Å². The Morgan fingerprint density at radius 2 is 1.91 bits per heavy atom. The van der Waals surface area contributed by atoms with Crippen LogP contribution in [0.25, 0.3) is 0 Å².